The van der Waals surface area contributed by atoms with Crippen LogP contribution in [0.25, 0.3) is 28.1 Å². The van der Waals surface area contributed by atoms with Crippen LogP contribution >= 0.6 is 0 Å². The maximum atomic E-state index is 15.3. The van der Waals surface area contributed by atoms with Crippen molar-refractivity contribution in [1.29, 1.82) is 0 Å². The fourth-order valence-electron chi connectivity index (χ4n) is 3.76. The molecule has 0 unspecified atom stereocenters. The Bertz CT molecular complexity index is 1300. The number of aromatic amines is 1. The number of H-pyrrole nitrogens is 1. The molecule has 154 valence electrons. The van der Waals surface area contributed by atoms with Gasteiger partial charge in [-0.05, 0) is 58.5 Å². The first-order chi connectivity index (χ1) is 15.1. The van der Waals surface area contributed by atoms with E-state index in [-0.39, 0.29) is 0 Å². The maximum absolute atomic E-state index is 15.3. The molecule has 0 aliphatic rings. The quantitative estimate of drug-likeness (QED) is 0.294. The number of carbonyl (C=O) groups is 1. The topological polar surface area (TPSA) is 66.0 Å². The summed E-state index contributed by atoms with van der Waals surface area (Å²) >= 11 is 0. The van der Waals surface area contributed by atoms with Crippen molar-refractivity contribution in [2.45, 2.75) is 13.3 Å². The average molecular weight is 412 g/mol. The van der Waals surface area contributed by atoms with Gasteiger partial charge in [-0.25, -0.2) is 9.18 Å². The van der Waals surface area contributed by atoms with E-state index in [1.807, 2.05) is 48.5 Å². The predicted octanol–water partition coefficient (Wildman–Crippen LogP) is 6.17. The molecule has 4 rings (SSSR count). The number of fused-ring (bicyclic) bond motifs is 1. The lowest BCUT2D eigenvalue weighted by Gasteiger charge is -2.17. The summed E-state index contributed by atoms with van der Waals surface area (Å²) in [5.74, 6) is -1.48. The zero-order valence-corrected chi connectivity index (χ0v) is 17.0. The summed E-state index contributed by atoms with van der Waals surface area (Å²) in [5.41, 5.74) is 5.63. The minimum absolute atomic E-state index is 0.406. The first-order valence-electron chi connectivity index (χ1n) is 10.00. The molecule has 0 aliphatic heterocycles. The van der Waals surface area contributed by atoms with Crippen molar-refractivity contribution in [1.82, 2.24) is 10.2 Å². The molecule has 4 aromatic rings. The Labute approximate surface area is 179 Å². The molecule has 0 aliphatic carbocycles. The van der Waals surface area contributed by atoms with Crippen molar-refractivity contribution in [2.75, 3.05) is 0 Å². The van der Waals surface area contributed by atoms with Gasteiger partial charge in [0.2, 0.25) is 0 Å². The van der Waals surface area contributed by atoms with Crippen LogP contribution in [0, 0.1) is 5.82 Å². The third-order valence-corrected chi connectivity index (χ3v) is 5.19. The molecule has 1 heterocycles. The molecule has 0 atom stereocenters. The van der Waals surface area contributed by atoms with Gasteiger partial charge in [-0.15, -0.1) is 0 Å². The van der Waals surface area contributed by atoms with Crippen LogP contribution in [0.3, 0.4) is 0 Å². The molecule has 0 spiro atoms. The number of hydrogen-bond acceptors (Lipinski definition) is 2. The van der Waals surface area contributed by atoms with Crippen molar-refractivity contribution >= 4 is 34.1 Å². The first-order valence-corrected chi connectivity index (χ1v) is 10.00. The number of hydrogen-bond donors (Lipinski definition) is 2. The fourth-order valence-corrected chi connectivity index (χ4v) is 3.76. The van der Waals surface area contributed by atoms with Gasteiger partial charge in [0.1, 0.15) is 5.82 Å². The Kier molecular flexibility index (Phi) is 5.76. The van der Waals surface area contributed by atoms with Gasteiger partial charge in [0.25, 0.3) is 0 Å². The van der Waals surface area contributed by atoms with Gasteiger partial charge in [0, 0.05) is 17.0 Å². The standard InChI is InChI=1S/C26H21FN2O2/c1-2-21(18-6-4-3-5-7-18)26(19-10-12-24-20(15-19)16-28-29-24)22-11-8-17(14-23(22)27)9-13-25(30)31/h3-16H,2H2,1H3,(H,28,29)(H,30,31). The zero-order chi connectivity index (χ0) is 21.8. The summed E-state index contributed by atoms with van der Waals surface area (Å²) in [6.07, 6.45) is 4.84. The predicted molar refractivity (Wildman–Crippen MR) is 122 cm³/mol. The molecule has 3 aromatic carbocycles. The van der Waals surface area contributed by atoms with Crippen molar-refractivity contribution in [3.8, 4) is 0 Å². The molecule has 31 heavy (non-hydrogen) atoms. The van der Waals surface area contributed by atoms with Gasteiger partial charge in [0.15, 0.2) is 0 Å². The highest BCUT2D eigenvalue weighted by Crippen LogP contribution is 2.36. The van der Waals surface area contributed by atoms with Crippen LogP contribution in [-0.4, -0.2) is 21.3 Å². The number of carboxylic acids is 1. The normalized spacial score (nSPS) is 12.3. The SMILES string of the molecule is CCC(=C(c1ccc2[nH]ncc2c1)c1ccc(C=CC(=O)O)cc1F)c1ccccc1. The van der Waals surface area contributed by atoms with E-state index in [0.29, 0.717) is 17.5 Å². The molecule has 0 saturated carbocycles. The lowest BCUT2D eigenvalue weighted by molar-refractivity contribution is -0.131. The summed E-state index contributed by atoms with van der Waals surface area (Å²) in [4.78, 5) is 10.8. The maximum Gasteiger partial charge on any atom is 0.328 e. The van der Waals surface area contributed by atoms with E-state index in [1.54, 1.807) is 18.3 Å². The Morgan fingerprint density at radius 3 is 2.58 bits per heavy atom. The number of halogens is 1. The molecule has 5 heteroatoms. The average Bonchev–Trinajstić information content (AvgIpc) is 3.25. The molecule has 0 bridgehead atoms. The Morgan fingerprint density at radius 1 is 1.06 bits per heavy atom. The monoisotopic (exact) mass is 412 g/mol. The number of rotatable bonds is 6. The molecule has 4 nitrogen and oxygen atoms in total. The number of carboxylic acid groups (broad SMARTS) is 1. The van der Waals surface area contributed by atoms with Crippen LogP contribution in [0.5, 0.6) is 0 Å². The van der Waals surface area contributed by atoms with Gasteiger partial charge in [-0.1, -0.05) is 55.5 Å². The molecular weight excluding hydrogens is 391 g/mol. The molecule has 0 radical (unpaired) electrons. The highest BCUT2D eigenvalue weighted by atomic mass is 19.1. The summed E-state index contributed by atoms with van der Waals surface area (Å²) in [6, 6.07) is 20.7. The summed E-state index contributed by atoms with van der Waals surface area (Å²) in [5, 5.41) is 16.8. The smallest absolute Gasteiger partial charge is 0.328 e. The van der Waals surface area contributed by atoms with E-state index in [1.165, 1.54) is 12.1 Å². The third kappa shape index (κ3) is 4.31. The van der Waals surface area contributed by atoms with Crippen LogP contribution < -0.4 is 0 Å². The van der Waals surface area contributed by atoms with Crippen molar-refractivity contribution in [2.24, 2.45) is 0 Å². The number of aliphatic carboxylic acids is 1. The van der Waals surface area contributed by atoms with Gasteiger partial charge in [0.05, 0.1) is 11.7 Å². The Balaban J connectivity index is 1.95. The number of nitrogens with zero attached hydrogens (tertiary/aromatic N) is 1. The summed E-state index contributed by atoms with van der Waals surface area (Å²) in [7, 11) is 0. The lowest BCUT2D eigenvalue weighted by Crippen LogP contribution is -1.98. The van der Waals surface area contributed by atoms with Gasteiger partial charge in [-0.2, -0.15) is 5.10 Å². The van der Waals surface area contributed by atoms with Crippen LogP contribution in [0.15, 0.2) is 79.0 Å². The van der Waals surface area contributed by atoms with Crippen LogP contribution in [-0.2, 0) is 4.79 Å². The van der Waals surface area contributed by atoms with E-state index in [9.17, 15) is 4.79 Å². The van der Waals surface area contributed by atoms with E-state index in [0.717, 1.165) is 39.3 Å². The van der Waals surface area contributed by atoms with Crippen LogP contribution in [0.1, 0.15) is 35.6 Å². The largest absolute Gasteiger partial charge is 0.478 e. The van der Waals surface area contributed by atoms with Crippen LogP contribution in [0.2, 0.25) is 0 Å². The lowest BCUT2D eigenvalue weighted by atomic mass is 9.87. The second-order valence-electron chi connectivity index (χ2n) is 7.16. The van der Waals surface area contributed by atoms with Gasteiger partial charge >= 0.3 is 5.97 Å². The number of nitrogens with one attached hydrogen (secondary N) is 1. The molecule has 1 aromatic heterocycles. The van der Waals surface area contributed by atoms with E-state index >= 15 is 4.39 Å². The zero-order valence-electron chi connectivity index (χ0n) is 17.0. The van der Waals surface area contributed by atoms with Gasteiger partial charge in [-0.3, -0.25) is 5.10 Å². The minimum atomic E-state index is -1.07. The van der Waals surface area contributed by atoms with E-state index in [2.05, 4.69) is 17.1 Å². The van der Waals surface area contributed by atoms with Gasteiger partial charge < -0.3 is 5.11 Å². The molecule has 2 N–H and O–H groups in total. The van der Waals surface area contributed by atoms with E-state index in [4.69, 9.17) is 5.11 Å². The Morgan fingerprint density at radius 2 is 1.87 bits per heavy atom. The number of aromatic nitrogens is 2. The molecular formula is C26H21FN2O2. The molecule has 0 saturated heterocycles. The van der Waals surface area contributed by atoms with Crippen LogP contribution in [0.4, 0.5) is 4.39 Å². The van der Waals surface area contributed by atoms with Crippen molar-refractivity contribution in [3.05, 3.63) is 107 Å². The highest BCUT2D eigenvalue weighted by Gasteiger charge is 2.17. The second-order valence-corrected chi connectivity index (χ2v) is 7.16. The third-order valence-electron chi connectivity index (χ3n) is 5.19. The Hall–Kier alpha value is -3.99. The summed E-state index contributed by atoms with van der Waals surface area (Å²) in [6.45, 7) is 2.06. The summed E-state index contributed by atoms with van der Waals surface area (Å²) < 4.78 is 15.3. The number of benzene rings is 3. The molecule has 0 amide bonds. The molecule has 0 fully saturated rings. The number of allylic oxidation sites excluding steroid dienone is 1. The van der Waals surface area contributed by atoms with Crippen molar-refractivity contribution in [3.63, 3.8) is 0 Å². The second kappa shape index (κ2) is 8.79. The van der Waals surface area contributed by atoms with E-state index < -0.39 is 11.8 Å². The van der Waals surface area contributed by atoms with Crippen molar-refractivity contribution < 1.29 is 14.3 Å². The highest BCUT2D eigenvalue weighted by molar-refractivity contribution is 6.00. The fraction of sp³-hybridized carbons (Fsp3) is 0.0769. The minimum Gasteiger partial charge on any atom is -0.478 e. The first kappa shape index (κ1) is 20.3.